The van der Waals surface area contributed by atoms with Gasteiger partial charge in [-0.1, -0.05) is 66.2 Å². The van der Waals surface area contributed by atoms with Crippen LogP contribution in [-0.4, -0.2) is 25.0 Å². The van der Waals surface area contributed by atoms with Gasteiger partial charge in [-0.3, -0.25) is 9.59 Å². The van der Waals surface area contributed by atoms with Gasteiger partial charge in [0.05, 0.1) is 5.02 Å². The highest BCUT2D eigenvalue weighted by molar-refractivity contribution is 7.21. The molecule has 0 bridgehead atoms. The number of carbonyl (C=O) groups is 2. The monoisotopic (exact) mass is 385 g/mol. The number of benzene rings is 2. The van der Waals surface area contributed by atoms with Crippen molar-refractivity contribution in [3.63, 3.8) is 0 Å². The Balaban J connectivity index is 1.48. The summed E-state index contributed by atoms with van der Waals surface area (Å²) in [6.45, 7) is -0.0597. The third-order valence-corrected chi connectivity index (χ3v) is 5.26. The van der Waals surface area contributed by atoms with Gasteiger partial charge in [0.1, 0.15) is 18.0 Å². The van der Waals surface area contributed by atoms with Gasteiger partial charge >= 0.3 is 5.97 Å². The van der Waals surface area contributed by atoms with Gasteiger partial charge in [0.2, 0.25) is 0 Å². The SMILES string of the molecule is O=C(CNC(=O)c1sc2ccccc2c1Cl)OC/C=C/c1ccccc1. The van der Waals surface area contributed by atoms with Gasteiger partial charge in [0.25, 0.3) is 5.91 Å². The zero-order chi connectivity index (χ0) is 18.4. The minimum atomic E-state index is -0.506. The lowest BCUT2D eigenvalue weighted by Gasteiger charge is -2.04. The summed E-state index contributed by atoms with van der Waals surface area (Å²) in [4.78, 5) is 24.4. The predicted octanol–water partition coefficient (Wildman–Crippen LogP) is 4.54. The molecule has 0 radical (unpaired) electrons. The molecule has 26 heavy (non-hydrogen) atoms. The first kappa shape index (κ1) is 18.2. The molecular weight excluding hydrogens is 370 g/mol. The maximum atomic E-state index is 12.2. The molecule has 0 fully saturated rings. The molecule has 1 amide bonds. The van der Waals surface area contributed by atoms with Crippen LogP contribution in [0.15, 0.2) is 60.7 Å². The van der Waals surface area contributed by atoms with Gasteiger partial charge in [0.15, 0.2) is 0 Å². The molecule has 0 saturated carbocycles. The minimum absolute atomic E-state index is 0.146. The fourth-order valence-electron chi connectivity index (χ4n) is 2.33. The van der Waals surface area contributed by atoms with Gasteiger partial charge in [-0.25, -0.2) is 0 Å². The Bertz CT molecular complexity index is 950. The van der Waals surface area contributed by atoms with Crippen LogP contribution < -0.4 is 5.32 Å². The minimum Gasteiger partial charge on any atom is -0.460 e. The lowest BCUT2D eigenvalue weighted by molar-refractivity contribution is -0.141. The number of halogens is 1. The smallest absolute Gasteiger partial charge is 0.325 e. The van der Waals surface area contributed by atoms with Crippen molar-refractivity contribution < 1.29 is 14.3 Å². The molecule has 0 aliphatic carbocycles. The van der Waals surface area contributed by atoms with Crippen molar-refractivity contribution in [2.24, 2.45) is 0 Å². The standard InChI is InChI=1S/C20H16ClNO3S/c21-18-15-10-4-5-11-16(15)26-19(18)20(24)22-13-17(23)25-12-6-9-14-7-2-1-3-8-14/h1-11H,12-13H2,(H,22,24)/b9-6+. The van der Waals surface area contributed by atoms with Crippen molar-refractivity contribution in [3.8, 4) is 0 Å². The zero-order valence-corrected chi connectivity index (χ0v) is 15.3. The van der Waals surface area contributed by atoms with Crippen molar-refractivity contribution in [2.75, 3.05) is 13.2 Å². The van der Waals surface area contributed by atoms with E-state index >= 15 is 0 Å². The largest absolute Gasteiger partial charge is 0.460 e. The van der Waals surface area contributed by atoms with Gasteiger partial charge in [-0.2, -0.15) is 0 Å². The first-order valence-electron chi connectivity index (χ1n) is 7.97. The Labute approximate surface area is 160 Å². The second-order valence-corrected chi connectivity index (χ2v) is 6.85. The van der Waals surface area contributed by atoms with E-state index in [1.807, 2.05) is 60.7 Å². The summed E-state index contributed by atoms with van der Waals surface area (Å²) in [7, 11) is 0. The summed E-state index contributed by atoms with van der Waals surface area (Å²) in [6, 6.07) is 17.2. The molecule has 0 atom stereocenters. The summed E-state index contributed by atoms with van der Waals surface area (Å²) in [5, 5.41) is 3.78. The Morgan fingerprint density at radius 1 is 1.08 bits per heavy atom. The zero-order valence-electron chi connectivity index (χ0n) is 13.8. The summed E-state index contributed by atoms with van der Waals surface area (Å²) >= 11 is 7.55. The van der Waals surface area contributed by atoms with E-state index in [0.717, 1.165) is 15.6 Å². The fourth-order valence-corrected chi connectivity index (χ4v) is 3.77. The third-order valence-electron chi connectivity index (χ3n) is 3.58. The lowest BCUT2D eigenvalue weighted by atomic mass is 10.2. The van der Waals surface area contributed by atoms with E-state index in [-0.39, 0.29) is 19.1 Å². The number of fused-ring (bicyclic) bond motifs is 1. The highest BCUT2D eigenvalue weighted by Crippen LogP contribution is 2.34. The molecule has 0 unspecified atom stereocenters. The van der Waals surface area contributed by atoms with Gasteiger partial charge in [-0.05, 0) is 17.7 Å². The maximum Gasteiger partial charge on any atom is 0.325 e. The number of nitrogens with one attached hydrogen (secondary N) is 1. The third kappa shape index (κ3) is 4.50. The Morgan fingerprint density at radius 3 is 2.58 bits per heavy atom. The molecule has 0 saturated heterocycles. The van der Waals surface area contributed by atoms with E-state index in [2.05, 4.69) is 5.32 Å². The molecule has 2 aromatic carbocycles. The Morgan fingerprint density at radius 2 is 1.81 bits per heavy atom. The van der Waals surface area contributed by atoms with Crippen LogP contribution >= 0.6 is 22.9 Å². The number of thiophene rings is 1. The van der Waals surface area contributed by atoms with E-state index in [0.29, 0.717) is 9.90 Å². The molecule has 6 heteroatoms. The van der Waals surface area contributed by atoms with Crippen LogP contribution in [0.2, 0.25) is 5.02 Å². The molecule has 3 aromatic rings. The van der Waals surface area contributed by atoms with E-state index in [9.17, 15) is 9.59 Å². The second-order valence-electron chi connectivity index (χ2n) is 5.42. The van der Waals surface area contributed by atoms with Gasteiger partial charge < -0.3 is 10.1 Å². The van der Waals surface area contributed by atoms with Crippen molar-refractivity contribution in [1.29, 1.82) is 0 Å². The van der Waals surface area contributed by atoms with Crippen LogP contribution in [0.4, 0.5) is 0 Å². The number of ether oxygens (including phenoxy) is 1. The van der Waals surface area contributed by atoms with Crippen molar-refractivity contribution in [2.45, 2.75) is 0 Å². The summed E-state index contributed by atoms with van der Waals surface area (Å²) in [5.74, 6) is -0.888. The van der Waals surface area contributed by atoms with Crippen molar-refractivity contribution in [3.05, 3.63) is 76.1 Å². The first-order valence-corrected chi connectivity index (χ1v) is 9.17. The first-order chi connectivity index (χ1) is 12.6. The molecule has 0 aliphatic heterocycles. The van der Waals surface area contributed by atoms with E-state index in [1.165, 1.54) is 11.3 Å². The van der Waals surface area contributed by atoms with Crippen molar-refractivity contribution >= 4 is 51.0 Å². The lowest BCUT2D eigenvalue weighted by Crippen LogP contribution is -2.30. The van der Waals surface area contributed by atoms with E-state index < -0.39 is 5.97 Å². The molecule has 1 N–H and O–H groups in total. The Hall–Kier alpha value is -2.63. The quantitative estimate of drug-likeness (QED) is 0.634. The number of hydrogen-bond donors (Lipinski definition) is 1. The predicted molar refractivity (Wildman–Crippen MR) is 106 cm³/mol. The average molecular weight is 386 g/mol. The maximum absolute atomic E-state index is 12.2. The van der Waals surface area contributed by atoms with Gasteiger partial charge in [0, 0.05) is 10.1 Å². The van der Waals surface area contributed by atoms with Crippen LogP contribution in [0.25, 0.3) is 16.2 Å². The fraction of sp³-hybridized carbons (Fsp3) is 0.100. The van der Waals surface area contributed by atoms with Crippen LogP contribution in [0.5, 0.6) is 0 Å². The van der Waals surface area contributed by atoms with Crippen LogP contribution in [-0.2, 0) is 9.53 Å². The number of amides is 1. The number of rotatable bonds is 6. The summed E-state index contributed by atoms with van der Waals surface area (Å²) < 4.78 is 6.00. The Kier molecular flexibility index (Phi) is 6.04. The molecule has 0 aliphatic rings. The molecule has 1 heterocycles. The number of carbonyl (C=O) groups excluding carboxylic acids is 2. The topological polar surface area (TPSA) is 55.4 Å². The normalized spacial score (nSPS) is 11.0. The van der Waals surface area contributed by atoms with Crippen LogP contribution in [0, 0.1) is 0 Å². The summed E-state index contributed by atoms with van der Waals surface area (Å²) in [5.41, 5.74) is 1.02. The highest BCUT2D eigenvalue weighted by atomic mass is 35.5. The average Bonchev–Trinajstić information content (AvgIpc) is 3.01. The second kappa shape index (κ2) is 8.65. The van der Waals surface area contributed by atoms with E-state index in [4.69, 9.17) is 16.3 Å². The molecule has 0 spiro atoms. The molecule has 4 nitrogen and oxygen atoms in total. The highest BCUT2D eigenvalue weighted by Gasteiger charge is 2.17. The number of esters is 1. The molecular formula is C20H16ClNO3S. The molecule has 3 rings (SSSR count). The number of hydrogen-bond acceptors (Lipinski definition) is 4. The molecule has 1 aromatic heterocycles. The van der Waals surface area contributed by atoms with Crippen molar-refractivity contribution in [1.82, 2.24) is 5.32 Å². The molecule has 132 valence electrons. The van der Waals surface area contributed by atoms with E-state index in [1.54, 1.807) is 6.08 Å². The summed E-state index contributed by atoms with van der Waals surface area (Å²) in [6.07, 6.45) is 3.61. The van der Waals surface area contributed by atoms with Crippen LogP contribution in [0.1, 0.15) is 15.2 Å². The van der Waals surface area contributed by atoms with Crippen LogP contribution in [0.3, 0.4) is 0 Å². The van der Waals surface area contributed by atoms with Gasteiger partial charge in [-0.15, -0.1) is 11.3 Å².